The van der Waals surface area contributed by atoms with Crippen molar-refractivity contribution in [2.24, 2.45) is 17.8 Å². The molecule has 2 aliphatic heterocycles. The number of nitrogens with zero attached hydrogens (tertiary/aromatic N) is 1. The zero-order valence-electron chi connectivity index (χ0n) is 12.8. The molecule has 0 aromatic carbocycles. The Morgan fingerprint density at radius 2 is 1.63 bits per heavy atom. The molecule has 2 saturated carbocycles. The monoisotopic (exact) mass is 263 g/mol. The van der Waals surface area contributed by atoms with Crippen LogP contribution in [-0.2, 0) is 0 Å². The molecule has 1 N–H and O–H groups in total. The highest BCUT2D eigenvalue weighted by Gasteiger charge is 2.57. The summed E-state index contributed by atoms with van der Waals surface area (Å²) >= 11 is 0. The Labute approximate surface area is 118 Å². The Kier molecular flexibility index (Phi) is 3.15. The van der Waals surface area contributed by atoms with E-state index in [2.05, 4.69) is 19.0 Å². The average molecular weight is 263 g/mol. The predicted molar refractivity (Wildman–Crippen MR) is 78.0 cm³/mol. The van der Waals surface area contributed by atoms with Crippen molar-refractivity contribution in [3.63, 3.8) is 0 Å². The number of nitrogens with one attached hydrogen (secondary N) is 1. The van der Waals surface area contributed by atoms with Crippen LogP contribution in [0.4, 0.5) is 0 Å². The van der Waals surface area contributed by atoms with Gasteiger partial charge in [0.2, 0.25) is 0 Å². The van der Waals surface area contributed by atoms with Crippen LogP contribution in [0.2, 0.25) is 0 Å². The summed E-state index contributed by atoms with van der Waals surface area (Å²) in [5.41, 5.74) is 0. The van der Waals surface area contributed by atoms with Crippen molar-refractivity contribution in [3.8, 4) is 0 Å². The van der Waals surface area contributed by atoms with Crippen LogP contribution in [0.15, 0.2) is 0 Å². The van der Waals surface area contributed by atoms with Crippen molar-refractivity contribution in [2.75, 3.05) is 14.1 Å². The normalized spacial score (nSPS) is 54.3. The van der Waals surface area contributed by atoms with Crippen LogP contribution in [0.25, 0.3) is 0 Å². The lowest BCUT2D eigenvalue weighted by Gasteiger charge is -2.47. The topological polar surface area (TPSA) is 7.68 Å². The van der Waals surface area contributed by atoms with Gasteiger partial charge < -0.3 is 4.90 Å². The van der Waals surface area contributed by atoms with E-state index in [0.29, 0.717) is 0 Å². The van der Waals surface area contributed by atoms with Gasteiger partial charge in [0, 0.05) is 17.9 Å². The predicted octanol–water partition coefficient (Wildman–Crippen LogP) is 1.91. The lowest BCUT2D eigenvalue weighted by atomic mass is 9.69. The zero-order chi connectivity index (χ0) is 13.0. The highest BCUT2D eigenvalue weighted by Crippen LogP contribution is 2.47. The molecule has 2 saturated heterocycles. The molecule has 2 heterocycles. The molecular weight excluding hydrogens is 232 g/mol. The standard InChI is InChI=1S/C17H30N2/c1-18-15-9-5-3-7-12(15)11-14-13-8-4-6-10-16(13)19(2)17(14)18/h12-17H,3-11H2,1-2H3/p+1. The van der Waals surface area contributed by atoms with Gasteiger partial charge in [0.05, 0.1) is 13.1 Å². The van der Waals surface area contributed by atoms with E-state index in [9.17, 15) is 0 Å². The van der Waals surface area contributed by atoms with Crippen molar-refractivity contribution in [1.82, 2.24) is 4.90 Å². The first-order valence-corrected chi connectivity index (χ1v) is 8.82. The summed E-state index contributed by atoms with van der Waals surface area (Å²) < 4.78 is 0. The molecule has 0 spiro atoms. The Hall–Kier alpha value is -0.0800. The van der Waals surface area contributed by atoms with E-state index < -0.39 is 0 Å². The summed E-state index contributed by atoms with van der Waals surface area (Å²) in [7, 11) is 4.97. The second-order valence-electron chi connectivity index (χ2n) is 7.92. The van der Waals surface area contributed by atoms with Crippen molar-refractivity contribution >= 4 is 0 Å². The van der Waals surface area contributed by atoms with E-state index in [1.54, 1.807) is 6.42 Å². The van der Waals surface area contributed by atoms with E-state index in [-0.39, 0.29) is 0 Å². The fourth-order valence-corrected chi connectivity index (χ4v) is 6.51. The Morgan fingerprint density at radius 3 is 2.53 bits per heavy atom. The second kappa shape index (κ2) is 4.73. The van der Waals surface area contributed by atoms with E-state index in [1.807, 2.05) is 4.90 Å². The summed E-state index contributed by atoms with van der Waals surface area (Å²) in [6.07, 6.45) is 14.5. The molecule has 108 valence electrons. The maximum absolute atomic E-state index is 2.81. The summed E-state index contributed by atoms with van der Waals surface area (Å²) in [5.74, 6) is 3.13. The van der Waals surface area contributed by atoms with E-state index >= 15 is 0 Å². The van der Waals surface area contributed by atoms with Crippen molar-refractivity contribution < 1.29 is 4.90 Å². The maximum atomic E-state index is 2.81. The van der Waals surface area contributed by atoms with E-state index in [0.717, 1.165) is 36.0 Å². The zero-order valence-corrected chi connectivity index (χ0v) is 12.8. The Bertz CT molecular complexity index is 340. The van der Waals surface area contributed by atoms with Crippen LogP contribution >= 0.6 is 0 Å². The van der Waals surface area contributed by atoms with Crippen LogP contribution in [0.5, 0.6) is 0 Å². The van der Waals surface area contributed by atoms with Gasteiger partial charge in [-0.1, -0.05) is 19.3 Å². The maximum Gasteiger partial charge on any atom is 0.147 e. The van der Waals surface area contributed by atoms with Gasteiger partial charge in [-0.25, -0.2) is 0 Å². The molecule has 7 atom stereocenters. The first-order chi connectivity index (χ1) is 9.27. The summed E-state index contributed by atoms with van der Waals surface area (Å²) in [6.45, 7) is 0. The molecule has 4 aliphatic rings. The lowest BCUT2D eigenvalue weighted by Crippen LogP contribution is -3.20. The lowest BCUT2D eigenvalue weighted by molar-refractivity contribution is -0.956. The molecule has 2 heteroatoms. The molecule has 0 amide bonds. The molecule has 2 nitrogen and oxygen atoms in total. The van der Waals surface area contributed by atoms with Crippen LogP contribution in [0.1, 0.15) is 57.8 Å². The van der Waals surface area contributed by atoms with E-state index in [1.165, 1.54) is 51.4 Å². The Morgan fingerprint density at radius 1 is 0.895 bits per heavy atom. The number of fused-ring (bicyclic) bond motifs is 4. The minimum atomic E-state index is 0.854. The Balaban J connectivity index is 1.62. The fourth-order valence-electron chi connectivity index (χ4n) is 6.51. The van der Waals surface area contributed by atoms with Crippen molar-refractivity contribution in [2.45, 2.75) is 76.0 Å². The van der Waals surface area contributed by atoms with Crippen LogP contribution < -0.4 is 4.90 Å². The van der Waals surface area contributed by atoms with Gasteiger partial charge in [0.1, 0.15) is 6.17 Å². The van der Waals surface area contributed by atoms with Gasteiger partial charge >= 0.3 is 0 Å². The molecule has 0 bridgehead atoms. The molecule has 0 aromatic heterocycles. The van der Waals surface area contributed by atoms with Gasteiger partial charge in [-0.05, 0) is 51.5 Å². The minimum absolute atomic E-state index is 0.854. The first-order valence-electron chi connectivity index (χ1n) is 8.82. The minimum Gasteiger partial charge on any atom is -0.319 e. The number of quaternary nitrogens is 1. The molecule has 4 fully saturated rings. The van der Waals surface area contributed by atoms with Gasteiger partial charge in [-0.15, -0.1) is 0 Å². The summed E-state index contributed by atoms with van der Waals surface area (Å²) in [5, 5.41) is 0. The number of hydrogen-bond donors (Lipinski definition) is 1. The smallest absolute Gasteiger partial charge is 0.147 e. The third kappa shape index (κ3) is 1.82. The molecule has 2 aliphatic carbocycles. The summed E-state index contributed by atoms with van der Waals surface area (Å²) in [6, 6.07) is 1.91. The number of hydrogen-bond acceptors (Lipinski definition) is 1. The van der Waals surface area contributed by atoms with Gasteiger partial charge in [-0.2, -0.15) is 0 Å². The second-order valence-corrected chi connectivity index (χ2v) is 7.92. The average Bonchev–Trinajstić information content (AvgIpc) is 2.74. The fraction of sp³-hybridized carbons (Fsp3) is 1.00. The van der Waals surface area contributed by atoms with Gasteiger partial charge in [0.25, 0.3) is 0 Å². The van der Waals surface area contributed by atoms with Crippen LogP contribution in [-0.4, -0.2) is 37.2 Å². The molecule has 7 unspecified atom stereocenters. The largest absolute Gasteiger partial charge is 0.319 e. The molecule has 0 radical (unpaired) electrons. The molecular formula is C17H31N2+. The number of piperidine rings is 1. The number of rotatable bonds is 0. The number of likely N-dealkylation sites (tertiary alicyclic amines) is 2. The van der Waals surface area contributed by atoms with Crippen LogP contribution in [0, 0.1) is 17.8 Å². The van der Waals surface area contributed by atoms with Gasteiger partial charge in [-0.3, -0.25) is 4.90 Å². The quantitative estimate of drug-likeness (QED) is 0.701. The van der Waals surface area contributed by atoms with Crippen LogP contribution in [0.3, 0.4) is 0 Å². The molecule has 4 rings (SSSR count). The van der Waals surface area contributed by atoms with Crippen molar-refractivity contribution in [1.29, 1.82) is 0 Å². The highest BCUT2D eigenvalue weighted by atomic mass is 15.4. The third-order valence-corrected chi connectivity index (χ3v) is 7.23. The van der Waals surface area contributed by atoms with E-state index in [4.69, 9.17) is 0 Å². The molecule has 19 heavy (non-hydrogen) atoms. The third-order valence-electron chi connectivity index (χ3n) is 7.23. The van der Waals surface area contributed by atoms with Gasteiger partial charge in [0.15, 0.2) is 0 Å². The summed E-state index contributed by atoms with van der Waals surface area (Å²) in [4.78, 5) is 4.70. The SMILES string of the molecule is CN1C2CCCCC2C2CC3CCCCC3[NH+](C)C21. The molecule has 0 aromatic rings. The highest BCUT2D eigenvalue weighted by molar-refractivity contribution is 4.99. The first kappa shape index (κ1) is 12.6. The van der Waals surface area contributed by atoms with Crippen molar-refractivity contribution in [3.05, 3.63) is 0 Å².